The molecule has 1 nitrogen and oxygen atoms in total. The van der Waals surface area contributed by atoms with Crippen LogP contribution in [0.3, 0.4) is 0 Å². The molecule has 0 amide bonds. The van der Waals surface area contributed by atoms with Crippen LogP contribution in [0.2, 0.25) is 0 Å². The quantitative estimate of drug-likeness (QED) is 0.366. The SMILES string of the molecule is [B]B=BNC. The third-order valence-electron chi connectivity index (χ3n) is 0.263. The van der Waals surface area contributed by atoms with Crippen LogP contribution in [0.1, 0.15) is 0 Å². The van der Waals surface area contributed by atoms with Crippen LogP contribution in [0.25, 0.3) is 0 Å². The zero-order valence-electron chi connectivity index (χ0n) is 3.23. The van der Waals surface area contributed by atoms with Crippen LogP contribution in [-0.2, 0) is 0 Å². The molecule has 0 rings (SSSR count). The van der Waals surface area contributed by atoms with Crippen molar-refractivity contribution in [2.45, 2.75) is 0 Å². The molecule has 0 spiro atoms. The van der Waals surface area contributed by atoms with Crippen molar-refractivity contribution in [3.05, 3.63) is 0 Å². The van der Waals surface area contributed by atoms with Gasteiger partial charge in [-0.05, 0) is 0 Å². The van der Waals surface area contributed by atoms with Gasteiger partial charge < -0.3 is 0 Å². The first-order chi connectivity index (χ1) is 2.41. The molecule has 0 saturated heterocycles. The first-order valence-electron chi connectivity index (χ1n) is 1.46. The second kappa shape index (κ2) is 3.99. The molecular formula is CH4B3N. The fourth-order valence-electron chi connectivity index (χ4n) is 0.0962. The van der Waals surface area contributed by atoms with E-state index in [0.29, 0.717) is 0 Å². The fourth-order valence-corrected chi connectivity index (χ4v) is 0.0962. The van der Waals surface area contributed by atoms with Crippen LogP contribution in [-0.4, -0.2) is 28.4 Å². The molecule has 22 valence electrons. The molecule has 0 aliphatic carbocycles. The van der Waals surface area contributed by atoms with Crippen molar-refractivity contribution >= 4 is 21.4 Å². The Hall–Kier alpha value is -0.00519. The summed E-state index contributed by atoms with van der Waals surface area (Å²) in [6.07, 6.45) is 0. The molecule has 0 aliphatic rings. The second-order valence-electron chi connectivity index (χ2n) is 0.648. The summed E-state index contributed by atoms with van der Waals surface area (Å²) in [5, 5.41) is 2.71. The maximum atomic E-state index is 4.90. The van der Waals surface area contributed by atoms with E-state index in [0.717, 1.165) is 0 Å². The topological polar surface area (TPSA) is 12.0 Å². The summed E-state index contributed by atoms with van der Waals surface area (Å²) in [7, 11) is 6.69. The van der Waals surface area contributed by atoms with Crippen LogP contribution in [0.5, 0.6) is 0 Å². The Labute approximate surface area is 34.7 Å². The van der Waals surface area contributed by atoms with Gasteiger partial charge in [0.1, 0.15) is 0 Å². The maximum absolute atomic E-state index is 4.90. The summed E-state index contributed by atoms with van der Waals surface area (Å²) < 4.78 is 0. The normalized spacial score (nSPS) is 5.80. The molecule has 4 heteroatoms. The molecule has 0 atom stereocenters. The van der Waals surface area contributed by atoms with Crippen LogP contribution >= 0.6 is 0 Å². The van der Waals surface area contributed by atoms with E-state index in [1.165, 1.54) is 6.69 Å². The molecule has 0 heterocycles. The summed E-state index contributed by atoms with van der Waals surface area (Å²) in [6, 6.07) is 0. The van der Waals surface area contributed by atoms with Gasteiger partial charge in [0, 0.05) is 0 Å². The predicted octanol–water partition coefficient (Wildman–Crippen LogP) is -1.47. The number of hydrogen-bond acceptors (Lipinski definition) is 1. The Morgan fingerprint density at radius 2 is 2.40 bits per heavy atom. The van der Waals surface area contributed by atoms with E-state index in [-0.39, 0.29) is 0 Å². The van der Waals surface area contributed by atoms with E-state index in [4.69, 9.17) is 7.74 Å². The molecule has 0 saturated carbocycles. The van der Waals surface area contributed by atoms with E-state index in [2.05, 4.69) is 5.23 Å². The Bertz CT molecular complexity index is 33.9. The molecule has 0 unspecified atom stereocenters. The van der Waals surface area contributed by atoms with Gasteiger partial charge in [0.05, 0.1) is 0 Å². The number of hydrogen-bond donors (Lipinski definition) is 1. The zero-order chi connectivity index (χ0) is 4.12. The molecule has 0 aromatic carbocycles. The van der Waals surface area contributed by atoms with Gasteiger partial charge in [-0.15, -0.1) is 0 Å². The third-order valence-corrected chi connectivity index (χ3v) is 0.263. The van der Waals surface area contributed by atoms with Gasteiger partial charge in [0.2, 0.25) is 0 Å². The van der Waals surface area contributed by atoms with Crippen LogP contribution in [0, 0.1) is 0 Å². The van der Waals surface area contributed by atoms with Crippen molar-refractivity contribution < 1.29 is 0 Å². The van der Waals surface area contributed by atoms with Crippen molar-refractivity contribution in [3.63, 3.8) is 0 Å². The molecule has 0 aromatic rings. The minimum atomic E-state index is 1.44. The van der Waals surface area contributed by atoms with E-state index < -0.39 is 0 Å². The minimum absolute atomic E-state index is 1.44. The Balaban J connectivity index is 2.62. The first-order valence-corrected chi connectivity index (χ1v) is 1.46. The molecule has 0 bridgehead atoms. The van der Waals surface area contributed by atoms with Gasteiger partial charge in [0.25, 0.3) is 0 Å². The van der Waals surface area contributed by atoms with Gasteiger partial charge in [0.15, 0.2) is 0 Å². The average Bonchev–Trinajstić information content (AvgIpc) is 1.41. The fraction of sp³-hybridized carbons (Fsp3) is 1.00. The Morgan fingerprint density at radius 1 is 1.80 bits per heavy atom. The summed E-state index contributed by atoms with van der Waals surface area (Å²) in [5.74, 6) is 0. The Morgan fingerprint density at radius 3 is 2.40 bits per heavy atom. The molecule has 0 aliphatic heterocycles. The van der Waals surface area contributed by atoms with Crippen molar-refractivity contribution in [2.24, 2.45) is 0 Å². The van der Waals surface area contributed by atoms with Crippen molar-refractivity contribution in [2.75, 3.05) is 7.05 Å². The van der Waals surface area contributed by atoms with Gasteiger partial charge in [-0.2, -0.15) is 0 Å². The number of nitrogens with one attached hydrogen (secondary N) is 1. The van der Waals surface area contributed by atoms with E-state index >= 15 is 0 Å². The molecule has 1 N–H and O–H groups in total. The summed E-state index contributed by atoms with van der Waals surface area (Å²) in [4.78, 5) is 0. The third kappa shape index (κ3) is 3.99. The van der Waals surface area contributed by atoms with Crippen molar-refractivity contribution in [1.29, 1.82) is 0 Å². The molecule has 5 heavy (non-hydrogen) atoms. The van der Waals surface area contributed by atoms with Gasteiger partial charge in [-0.3, -0.25) is 0 Å². The van der Waals surface area contributed by atoms with E-state index in [1.807, 2.05) is 0 Å². The molecular weight excluding hydrogens is 58.5 g/mol. The first kappa shape index (κ1) is 4.99. The van der Waals surface area contributed by atoms with Gasteiger partial charge in [-0.25, -0.2) is 0 Å². The molecule has 0 fully saturated rings. The number of rotatable bonds is 1. The van der Waals surface area contributed by atoms with Gasteiger partial charge in [-0.1, -0.05) is 0 Å². The summed E-state index contributed by atoms with van der Waals surface area (Å²) >= 11 is 0. The zero-order valence-corrected chi connectivity index (χ0v) is 3.23. The standard InChI is InChI=1S/CH4B3N/c1-5-4-3-2/h5H,1H3. The second-order valence-corrected chi connectivity index (χ2v) is 0.648. The van der Waals surface area contributed by atoms with Crippen LogP contribution in [0.15, 0.2) is 0 Å². The average molecular weight is 62.5 g/mol. The molecule has 2 radical (unpaired) electrons. The van der Waals surface area contributed by atoms with E-state index in [9.17, 15) is 0 Å². The van der Waals surface area contributed by atoms with Crippen molar-refractivity contribution in [1.82, 2.24) is 5.23 Å². The van der Waals surface area contributed by atoms with Crippen LogP contribution in [0.4, 0.5) is 0 Å². The molecule has 0 aromatic heterocycles. The van der Waals surface area contributed by atoms with Crippen molar-refractivity contribution in [3.8, 4) is 0 Å². The summed E-state index contributed by atoms with van der Waals surface area (Å²) in [6.45, 7) is 3.10. The predicted molar refractivity (Wildman–Crippen MR) is 26.3 cm³/mol. The van der Waals surface area contributed by atoms with Crippen LogP contribution < -0.4 is 5.23 Å². The van der Waals surface area contributed by atoms with E-state index in [1.54, 1.807) is 14.0 Å². The monoisotopic (exact) mass is 63.1 g/mol. The summed E-state index contributed by atoms with van der Waals surface area (Å²) in [5.41, 5.74) is 0. The van der Waals surface area contributed by atoms with Gasteiger partial charge >= 0.3 is 33.6 Å². The Kier molecular flexibility index (Phi) is 3.99.